The standard InChI is InChI=1S/C18H17Cl2N3O2/c19-14-7-6-12(10-15(14)20)18(25)23-9-3-5-16(23)17(24)22-11-13-4-1-2-8-21-13/h1-2,4,6-8,10,16H,3,5,9,11H2,(H,22,24)/t16-/m1/s1. The van der Waals surface area contributed by atoms with E-state index in [1.807, 2.05) is 18.2 Å². The molecule has 1 atom stereocenters. The van der Waals surface area contributed by atoms with Gasteiger partial charge in [0.25, 0.3) is 5.91 Å². The van der Waals surface area contributed by atoms with Crippen molar-refractivity contribution in [2.45, 2.75) is 25.4 Å². The molecule has 3 rings (SSSR count). The lowest BCUT2D eigenvalue weighted by atomic mass is 10.1. The molecule has 1 aromatic heterocycles. The van der Waals surface area contributed by atoms with Crippen molar-refractivity contribution in [3.8, 4) is 0 Å². The Balaban J connectivity index is 1.67. The summed E-state index contributed by atoms with van der Waals surface area (Å²) >= 11 is 11.9. The number of carbonyl (C=O) groups excluding carboxylic acids is 2. The summed E-state index contributed by atoms with van der Waals surface area (Å²) in [7, 11) is 0. The predicted molar refractivity (Wildman–Crippen MR) is 96.6 cm³/mol. The first kappa shape index (κ1) is 17.7. The lowest BCUT2D eigenvalue weighted by Crippen LogP contribution is -2.45. The van der Waals surface area contributed by atoms with Gasteiger partial charge in [-0.25, -0.2) is 0 Å². The van der Waals surface area contributed by atoms with Crippen LogP contribution in [0.4, 0.5) is 0 Å². The van der Waals surface area contributed by atoms with Crippen molar-refractivity contribution in [3.05, 3.63) is 63.9 Å². The summed E-state index contributed by atoms with van der Waals surface area (Å²) in [6.45, 7) is 0.881. The van der Waals surface area contributed by atoms with Gasteiger partial charge in [-0.15, -0.1) is 0 Å². The van der Waals surface area contributed by atoms with Crippen LogP contribution < -0.4 is 5.32 Å². The minimum absolute atomic E-state index is 0.170. The number of benzene rings is 1. The minimum atomic E-state index is -0.481. The van der Waals surface area contributed by atoms with Crippen LogP contribution in [0.2, 0.25) is 10.0 Å². The van der Waals surface area contributed by atoms with Crippen LogP contribution in [-0.4, -0.2) is 34.3 Å². The van der Waals surface area contributed by atoms with Crippen LogP contribution in [0, 0.1) is 0 Å². The number of aromatic nitrogens is 1. The van der Waals surface area contributed by atoms with Gasteiger partial charge in [0.15, 0.2) is 0 Å². The lowest BCUT2D eigenvalue weighted by molar-refractivity contribution is -0.125. The van der Waals surface area contributed by atoms with Crippen LogP contribution in [0.5, 0.6) is 0 Å². The Morgan fingerprint density at radius 3 is 2.76 bits per heavy atom. The summed E-state index contributed by atoms with van der Waals surface area (Å²) in [5.41, 5.74) is 1.20. The van der Waals surface area contributed by atoms with Crippen LogP contribution in [0.1, 0.15) is 28.9 Å². The first-order chi connectivity index (χ1) is 12.1. The molecule has 25 heavy (non-hydrogen) atoms. The molecule has 0 bridgehead atoms. The third kappa shape index (κ3) is 4.11. The molecule has 0 unspecified atom stereocenters. The van der Waals surface area contributed by atoms with Crippen molar-refractivity contribution in [1.29, 1.82) is 0 Å². The highest BCUT2D eigenvalue weighted by molar-refractivity contribution is 6.42. The van der Waals surface area contributed by atoms with Gasteiger partial charge >= 0.3 is 0 Å². The van der Waals surface area contributed by atoms with E-state index in [1.54, 1.807) is 23.2 Å². The molecule has 0 radical (unpaired) electrons. The van der Waals surface area contributed by atoms with Gasteiger partial charge in [-0.2, -0.15) is 0 Å². The third-order valence-corrected chi connectivity index (χ3v) is 4.89. The van der Waals surface area contributed by atoms with Crippen molar-refractivity contribution in [2.75, 3.05) is 6.54 Å². The SMILES string of the molecule is O=C(NCc1ccccn1)[C@H]1CCCN1C(=O)c1ccc(Cl)c(Cl)c1. The maximum atomic E-state index is 12.7. The van der Waals surface area contributed by atoms with Gasteiger partial charge < -0.3 is 10.2 Å². The van der Waals surface area contributed by atoms with E-state index in [0.29, 0.717) is 35.1 Å². The van der Waals surface area contributed by atoms with E-state index in [4.69, 9.17) is 23.2 Å². The van der Waals surface area contributed by atoms with Gasteiger partial charge in [0.05, 0.1) is 22.3 Å². The number of nitrogens with zero attached hydrogens (tertiary/aromatic N) is 2. The highest BCUT2D eigenvalue weighted by Gasteiger charge is 2.34. The van der Waals surface area contributed by atoms with Crippen LogP contribution >= 0.6 is 23.2 Å². The Kier molecular flexibility index (Phi) is 5.56. The zero-order chi connectivity index (χ0) is 17.8. The molecule has 1 aliphatic heterocycles. The second-order valence-corrected chi connectivity index (χ2v) is 6.64. The summed E-state index contributed by atoms with van der Waals surface area (Å²) in [5, 5.41) is 3.57. The second kappa shape index (κ2) is 7.85. The molecule has 1 aliphatic rings. The van der Waals surface area contributed by atoms with E-state index >= 15 is 0 Å². The summed E-state index contributed by atoms with van der Waals surface area (Å²) in [5.74, 6) is -0.384. The Morgan fingerprint density at radius 2 is 2.04 bits per heavy atom. The Bertz CT molecular complexity index is 783. The molecule has 5 nitrogen and oxygen atoms in total. The average molecular weight is 378 g/mol. The van der Waals surface area contributed by atoms with Crippen LogP contribution in [0.25, 0.3) is 0 Å². The van der Waals surface area contributed by atoms with E-state index < -0.39 is 6.04 Å². The van der Waals surface area contributed by atoms with E-state index in [2.05, 4.69) is 10.3 Å². The summed E-state index contributed by atoms with van der Waals surface area (Å²) in [6.07, 6.45) is 3.10. The molecule has 1 aromatic carbocycles. The molecular formula is C18H17Cl2N3O2. The summed E-state index contributed by atoms with van der Waals surface area (Å²) in [4.78, 5) is 31.0. The first-order valence-electron chi connectivity index (χ1n) is 8.00. The number of likely N-dealkylation sites (tertiary alicyclic amines) is 1. The van der Waals surface area contributed by atoms with Crippen LogP contribution in [0.15, 0.2) is 42.6 Å². The normalized spacial score (nSPS) is 16.7. The Labute approximate surface area is 155 Å². The fraction of sp³-hybridized carbons (Fsp3) is 0.278. The van der Waals surface area contributed by atoms with E-state index in [9.17, 15) is 9.59 Å². The van der Waals surface area contributed by atoms with Crippen molar-refractivity contribution in [2.24, 2.45) is 0 Å². The number of hydrogen-bond donors (Lipinski definition) is 1. The molecular weight excluding hydrogens is 361 g/mol. The quantitative estimate of drug-likeness (QED) is 0.888. The maximum Gasteiger partial charge on any atom is 0.254 e. The molecule has 7 heteroatoms. The third-order valence-electron chi connectivity index (χ3n) is 4.15. The molecule has 1 N–H and O–H groups in total. The number of nitrogens with one attached hydrogen (secondary N) is 1. The molecule has 2 amide bonds. The Morgan fingerprint density at radius 1 is 1.20 bits per heavy atom. The fourth-order valence-corrected chi connectivity index (χ4v) is 3.17. The van der Waals surface area contributed by atoms with Crippen molar-refractivity contribution in [3.63, 3.8) is 0 Å². The highest BCUT2D eigenvalue weighted by atomic mass is 35.5. The molecule has 0 saturated carbocycles. The Hall–Kier alpha value is -2.11. The number of carbonyl (C=O) groups is 2. The van der Waals surface area contributed by atoms with Crippen molar-refractivity contribution in [1.82, 2.24) is 15.2 Å². The number of amides is 2. The maximum absolute atomic E-state index is 12.7. The topological polar surface area (TPSA) is 62.3 Å². The van der Waals surface area contributed by atoms with Gasteiger partial charge in [0.2, 0.25) is 5.91 Å². The fourth-order valence-electron chi connectivity index (χ4n) is 2.88. The van der Waals surface area contributed by atoms with Gasteiger partial charge in [0, 0.05) is 18.3 Å². The number of hydrogen-bond acceptors (Lipinski definition) is 3. The second-order valence-electron chi connectivity index (χ2n) is 5.82. The number of halogens is 2. The molecule has 0 aliphatic carbocycles. The monoisotopic (exact) mass is 377 g/mol. The molecule has 2 aromatic rings. The molecule has 1 fully saturated rings. The highest BCUT2D eigenvalue weighted by Crippen LogP contribution is 2.26. The predicted octanol–water partition coefficient (Wildman–Crippen LogP) is 3.31. The van der Waals surface area contributed by atoms with E-state index in [-0.39, 0.29) is 11.8 Å². The molecule has 1 saturated heterocycles. The van der Waals surface area contributed by atoms with E-state index in [1.165, 1.54) is 6.07 Å². The van der Waals surface area contributed by atoms with Gasteiger partial charge in [0.1, 0.15) is 6.04 Å². The number of pyridine rings is 1. The van der Waals surface area contributed by atoms with Crippen LogP contribution in [-0.2, 0) is 11.3 Å². The van der Waals surface area contributed by atoms with Crippen molar-refractivity contribution < 1.29 is 9.59 Å². The zero-order valence-corrected chi connectivity index (χ0v) is 14.9. The molecule has 0 spiro atoms. The molecule has 130 valence electrons. The zero-order valence-electron chi connectivity index (χ0n) is 13.4. The van der Waals surface area contributed by atoms with Gasteiger partial charge in [-0.1, -0.05) is 29.3 Å². The first-order valence-corrected chi connectivity index (χ1v) is 8.75. The average Bonchev–Trinajstić information content (AvgIpc) is 3.12. The van der Waals surface area contributed by atoms with Gasteiger partial charge in [-0.3, -0.25) is 14.6 Å². The lowest BCUT2D eigenvalue weighted by Gasteiger charge is -2.24. The van der Waals surface area contributed by atoms with Gasteiger partial charge in [-0.05, 0) is 43.2 Å². The van der Waals surface area contributed by atoms with Crippen LogP contribution in [0.3, 0.4) is 0 Å². The summed E-state index contributed by atoms with van der Waals surface area (Å²) < 4.78 is 0. The minimum Gasteiger partial charge on any atom is -0.349 e. The molecule has 2 heterocycles. The smallest absolute Gasteiger partial charge is 0.254 e. The largest absolute Gasteiger partial charge is 0.349 e. The van der Waals surface area contributed by atoms with E-state index in [0.717, 1.165) is 12.1 Å². The van der Waals surface area contributed by atoms with Crippen molar-refractivity contribution >= 4 is 35.0 Å². The number of rotatable bonds is 4. The summed E-state index contributed by atoms with van der Waals surface area (Å²) in [6, 6.07) is 9.79.